The maximum Gasteiger partial charge on any atom is 0.272 e. The van der Waals surface area contributed by atoms with Gasteiger partial charge in [-0.1, -0.05) is 74.0 Å². The van der Waals surface area contributed by atoms with E-state index in [1.807, 2.05) is 36.4 Å². The highest BCUT2D eigenvalue weighted by molar-refractivity contribution is 8.00. The first kappa shape index (κ1) is 29.6. The van der Waals surface area contributed by atoms with E-state index in [0.29, 0.717) is 27.8 Å². The van der Waals surface area contributed by atoms with Gasteiger partial charge in [0.25, 0.3) is 11.8 Å². The molecule has 41 heavy (non-hydrogen) atoms. The van der Waals surface area contributed by atoms with E-state index in [2.05, 4.69) is 29.8 Å². The first-order chi connectivity index (χ1) is 19.8. The molecule has 0 spiro atoms. The Balaban J connectivity index is 1.42. The van der Waals surface area contributed by atoms with E-state index in [1.54, 1.807) is 72.8 Å². The summed E-state index contributed by atoms with van der Waals surface area (Å²) in [5.74, 6) is -0.415. The van der Waals surface area contributed by atoms with Crippen molar-refractivity contribution in [1.29, 1.82) is 0 Å². The molecule has 3 N–H and O–H groups in total. The molecule has 6 nitrogen and oxygen atoms in total. The number of anilines is 2. The van der Waals surface area contributed by atoms with Crippen molar-refractivity contribution >= 4 is 58.5 Å². The topological polar surface area (TPSA) is 87.3 Å². The summed E-state index contributed by atoms with van der Waals surface area (Å²) in [7, 11) is 0. The molecule has 4 aromatic carbocycles. The van der Waals surface area contributed by atoms with Gasteiger partial charge in [-0.05, 0) is 77.7 Å². The highest BCUT2D eigenvalue weighted by Gasteiger charge is 2.16. The zero-order valence-electron chi connectivity index (χ0n) is 22.7. The average Bonchev–Trinajstić information content (AvgIpc) is 2.96. The van der Waals surface area contributed by atoms with Crippen LogP contribution in [0.4, 0.5) is 11.4 Å². The van der Waals surface area contributed by atoms with Gasteiger partial charge < -0.3 is 16.0 Å². The largest absolute Gasteiger partial charge is 0.325 e. The number of rotatable bonds is 10. The normalized spacial score (nSPS) is 11.2. The highest BCUT2D eigenvalue weighted by Crippen LogP contribution is 2.23. The van der Waals surface area contributed by atoms with E-state index >= 15 is 0 Å². The molecule has 0 fully saturated rings. The molecule has 0 aromatic heterocycles. The van der Waals surface area contributed by atoms with E-state index in [-0.39, 0.29) is 17.4 Å². The number of thioether (sulfide) groups is 1. The molecule has 3 amide bonds. The lowest BCUT2D eigenvalue weighted by molar-refractivity contribution is -0.114. The van der Waals surface area contributed by atoms with Crippen molar-refractivity contribution in [3.8, 4) is 0 Å². The number of carbonyl (C=O) groups excluding carboxylic acids is 3. The Hall–Kier alpha value is -4.33. The standard InChI is InChI=1S/C33H30ClN3O3S/c1-22(2)24-14-16-27(17-15-24)35-31(38)21-41-29-13-7-12-28(20-29)36-33(40)30(19-23-8-6-11-26(34)18-23)37-32(39)25-9-4-3-5-10-25/h3-20,22H,21H2,1-2H3,(H,35,38)(H,36,40)(H,37,39)/b30-19-. The Bertz CT molecular complexity index is 1550. The van der Waals surface area contributed by atoms with Crippen LogP contribution >= 0.6 is 23.4 Å². The molecule has 0 saturated heterocycles. The number of amides is 3. The molecule has 0 radical (unpaired) electrons. The minimum absolute atomic E-state index is 0.0574. The maximum absolute atomic E-state index is 13.3. The molecule has 0 heterocycles. The molecule has 0 aliphatic rings. The van der Waals surface area contributed by atoms with Gasteiger partial charge in [0.15, 0.2) is 0 Å². The van der Waals surface area contributed by atoms with E-state index in [9.17, 15) is 14.4 Å². The van der Waals surface area contributed by atoms with Crippen molar-refractivity contribution in [3.05, 3.63) is 131 Å². The molecular weight excluding hydrogens is 554 g/mol. The van der Waals surface area contributed by atoms with Gasteiger partial charge in [0.1, 0.15) is 5.70 Å². The average molecular weight is 584 g/mol. The number of nitrogens with one attached hydrogen (secondary N) is 3. The number of halogens is 1. The van der Waals surface area contributed by atoms with Crippen LogP contribution in [0.25, 0.3) is 6.08 Å². The summed E-state index contributed by atoms with van der Waals surface area (Å²) in [6.07, 6.45) is 1.57. The monoisotopic (exact) mass is 583 g/mol. The Kier molecular flexibility index (Phi) is 10.4. The van der Waals surface area contributed by atoms with Gasteiger partial charge in [-0.3, -0.25) is 14.4 Å². The highest BCUT2D eigenvalue weighted by atomic mass is 35.5. The second-order valence-electron chi connectivity index (χ2n) is 9.53. The summed E-state index contributed by atoms with van der Waals surface area (Å²) in [5, 5.41) is 8.99. The van der Waals surface area contributed by atoms with Crippen LogP contribution in [0.1, 0.15) is 41.3 Å². The summed E-state index contributed by atoms with van der Waals surface area (Å²) in [6.45, 7) is 4.25. The minimum atomic E-state index is -0.501. The number of carbonyl (C=O) groups is 3. The van der Waals surface area contributed by atoms with E-state index < -0.39 is 11.8 Å². The quantitative estimate of drug-likeness (QED) is 0.132. The van der Waals surface area contributed by atoms with Crippen LogP contribution in [0.5, 0.6) is 0 Å². The molecule has 8 heteroatoms. The molecule has 208 valence electrons. The van der Waals surface area contributed by atoms with Crippen LogP contribution in [0.2, 0.25) is 5.02 Å². The van der Waals surface area contributed by atoms with Crippen LogP contribution in [-0.2, 0) is 9.59 Å². The third kappa shape index (κ3) is 9.10. The molecule has 0 aliphatic heterocycles. The second-order valence-corrected chi connectivity index (χ2v) is 11.0. The van der Waals surface area contributed by atoms with Gasteiger partial charge in [0.2, 0.25) is 5.91 Å². The van der Waals surface area contributed by atoms with Gasteiger partial charge in [-0.2, -0.15) is 0 Å². The van der Waals surface area contributed by atoms with Crippen molar-refractivity contribution in [2.75, 3.05) is 16.4 Å². The van der Waals surface area contributed by atoms with E-state index in [4.69, 9.17) is 11.6 Å². The van der Waals surface area contributed by atoms with Gasteiger partial charge in [-0.25, -0.2) is 0 Å². The van der Waals surface area contributed by atoms with Crippen LogP contribution in [-0.4, -0.2) is 23.5 Å². The van der Waals surface area contributed by atoms with Crippen molar-refractivity contribution in [2.45, 2.75) is 24.7 Å². The van der Waals surface area contributed by atoms with Gasteiger partial charge >= 0.3 is 0 Å². The summed E-state index contributed by atoms with van der Waals surface area (Å²) in [4.78, 5) is 39.5. The van der Waals surface area contributed by atoms with E-state index in [1.165, 1.54) is 17.3 Å². The zero-order valence-corrected chi connectivity index (χ0v) is 24.3. The SMILES string of the molecule is CC(C)c1ccc(NC(=O)CSc2cccc(NC(=O)/C(=C/c3cccc(Cl)c3)NC(=O)c3ccccc3)c2)cc1. The van der Waals surface area contributed by atoms with Gasteiger partial charge in [0, 0.05) is 26.9 Å². The molecule has 0 saturated carbocycles. The number of hydrogen-bond acceptors (Lipinski definition) is 4. The lowest BCUT2D eigenvalue weighted by atomic mass is 10.0. The van der Waals surface area contributed by atoms with Gasteiger partial charge in [0.05, 0.1) is 5.75 Å². The first-order valence-electron chi connectivity index (χ1n) is 13.0. The maximum atomic E-state index is 13.3. The zero-order chi connectivity index (χ0) is 29.2. The Morgan fingerprint density at radius 1 is 0.805 bits per heavy atom. The van der Waals surface area contributed by atoms with Crippen LogP contribution in [0, 0.1) is 0 Å². The molecule has 4 aromatic rings. The second kappa shape index (κ2) is 14.3. The summed E-state index contributed by atoms with van der Waals surface area (Å²) >= 11 is 7.48. The third-order valence-electron chi connectivity index (χ3n) is 6.01. The van der Waals surface area contributed by atoms with Crippen LogP contribution < -0.4 is 16.0 Å². The third-order valence-corrected chi connectivity index (χ3v) is 7.24. The fourth-order valence-electron chi connectivity index (χ4n) is 3.86. The number of benzene rings is 4. The Morgan fingerprint density at radius 2 is 1.54 bits per heavy atom. The van der Waals surface area contributed by atoms with Crippen LogP contribution in [0.3, 0.4) is 0 Å². The molecule has 0 aliphatic carbocycles. The Labute approximate surface area is 249 Å². The molecule has 0 unspecified atom stereocenters. The summed E-state index contributed by atoms with van der Waals surface area (Å²) < 4.78 is 0. The fraction of sp³-hybridized carbons (Fsp3) is 0.121. The predicted molar refractivity (Wildman–Crippen MR) is 168 cm³/mol. The number of hydrogen-bond donors (Lipinski definition) is 3. The van der Waals surface area contributed by atoms with Crippen molar-refractivity contribution in [2.24, 2.45) is 0 Å². The van der Waals surface area contributed by atoms with Crippen molar-refractivity contribution in [3.63, 3.8) is 0 Å². The molecule has 0 atom stereocenters. The molecule has 0 bridgehead atoms. The summed E-state index contributed by atoms with van der Waals surface area (Å²) in [5.41, 5.74) is 3.62. The Morgan fingerprint density at radius 3 is 2.24 bits per heavy atom. The lowest BCUT2D eigenvalue weighted by Gasteiger charge is -2.12. The first-order valence-corrected chi connectivity index (χ1v) is 14.4. The van der Waals surface area contributed by atoms with E-state index in [0.717, 1.165) is 10.6 Å². The fourth-order valence-corrected chi connectivity index (χ4v) is 4.82. The minimum Gasteiger partial charge on any atom is -0.325 e. The predicted octanol–water partition coefficient (Wildman–Crippen LogP) is 7.60. The van der Waals surface area contributed by atoms with Crippen molar-refractivity contribution in [1.82, 2.24) is 5.32 Å². The summed E-state index contributed by atoms with van der Waals surface area (Å²) in [6, 6.07) is 30.6. The van der Waals surface area contributed by atoms with Crippen LogP contribution in [0.15, 0.2) is 114 Å². The molecular formula is C33H30ClN3O3S. The smallest absolute Gasteiger partial charge is 0.272 e. The van der Waals surface area contributed by atoms with Crippen molar-refractivity contribution < 1.29 is 14.4 Å². The lowest BCUT2D eigenvalue weighted by Crippen LogP contribution is -2.30. The van der Waals surface area contributed by atoms with Gasteiger partial charge in [-0.15, -0.1) is 11.8 Å². The molecule has 4 rings (SSSR count).